The first kappa shape index (κ1) is 10.8. The Balaban J connectivity index is 2.82. The maximum Gasteiger partial charge on any atom is 0.218 e. The highest BCUT2D eigenvalue weighted by Crippen LogP contribution is 2.29. The Morgan fingerprint density at radius 2 is 2.00 bits per heavy atom. The van der Waals surface area contributed by atoms with Gasteiger partial charge in [0.1, 0.15) is 6.10 Å². The van der Waals surface area contributed by atoms with Gasteiger partial charge in [0.25, 0.3) is 0 Å². The molecule has 0 aliphatic carbocycles. The second kappa shape index (κ2) is 3.49. The fraction of sp³-hybridized carbons (Fsp3) is 1.00. The van der Waals surface area contributed by atoms with Gasteiger partial charge in [0.2, 0.25) is 5.79 Å². The third kappa shape index (κ3) is 1.69. The van der Waals surface area contributed by atoms with Crippen molar-refractivity contribution in [2.24, 2.45) is 11.7 Å². The van der Waals surface area contributed by atoms with Crippen molar-refractivity contribution in [2.45, 2.75) is 31.1 Å². The van der Waals surface area contributed by atoms with E-state index in [1.54, 1.807) is 6.92 Å². The number of hydrogen-bond acceptors (Lipinski definition) is 6. The number of rotatable bonds is 1. The van der Waals surface area contributed by atoms with Crippen molar-refractivity contribution in [3.05, 3.63) is 0 Å². The maximum atomic E-state index is 9.47. The predicted molar refractivity (Wildman–Crippen MR) is 42.3 cm³/mol. The standard InChI is InChI=1S/C7H15NO5/c1-3-4(8)6(11)13-7(12,2-9)5(3)10/h3-6,9-12H,2,8H2,1H3. The lowest BCUT2D eigenvalue weighted by Crippen LogP contribution is -2.64. The largest absolute Gasteiger partial charge is 0.391 e. The van der Waals surface area contributed by atoms with Crippen LogP contribution < -0.4 is 5.73 Å². The van der Waals surface area contributed by atoms with Gasteiger partial charge in [-0.3, -0.25) is 0 Å². The number of aliphatic hydroxyl groups is 4. The Morgan fingerprint density at radius 3 is 2.46 bits per heavy atom. The molecule has 13 heavy (non-hydrogen) atoms. The van der Waals surface area contributed by atoms with Crippen LogP contribution in [0.5, 0.6) is 0 Å². The predicted octanol–water partition coefficient (Wildman–Crippen LogP) is -2.66. The molecule has 0 bridgehead atoms. The molecule has 0 aromatic rings. The molecule has 6 N–H and O–H groups in total. The van der Waals surface area contributed by atoms with Gasteiger partial charge in [-0.05, 0) is 0 Å². The first-order valence-corrected chi connectivity index (χ1v) is 4.05. The molecule has 1 aliphatic rings. The second-order valence-corrected chi connectivity index (χ2v) is 3.39. The van der Waals surface area contributed by atoms with Gasteiger partial charge in [-0.25, -0.2) is 0 Å². The lowest BCUT2D eigenvalue weighted by molar-refractivity contribution is -0.363. The zero-order valence-corrected chi connectivity index (χ0v) is 7.29. The van der Waals surface area contributed by atoms with Crippen molar-refractivity contribution in [3.63, 3.8) is 0 Å². The Morgan fingerprint density at radius 1 is 1.46 bits per heavy atom. The van der Waals surface area contributed by atoms with E-state index in [0.29, 0.717) is 0 Å². The van der Waals surface area contributed by atoms with Crippen molar-refractivity contribution in [1.82, 2.24) is 0 Å². The molecule has 0 amide bonds. The molecule has 0 radical (unpaired) electrons. The van der Waals surface area contributed by atoms with E-state index < -0.39 is 36.7 Å². The van der Waals surface area contributed by atoms with E-state index in [9.17, 15) is 15.3 Å². The van der Waals surface area contributed by atoms with E-state index in [1.807, 2.05) is 0 Å². The van der Waals surface area contributed by atoms with Crippen LogP contribution in [-0.2, 0) is 4.74 Å². The first-order chi connectivity index (χ1) is 5.92. The molecule has 6 nitrogen and oxygen atoms in total. The van der Waals surface area contributed by atoms with E-state index in [-0.39, 0.29) is 0 Å². The van der Waals surface area contributed by atoms with Crippen LogP contribution in [0.25, 0.3) is 0 Å². The average Bonchev–Trinajstić information content (AvgIpc) is 2.12. The third-order valence-corrected chi connectivity index (χ3v) is 2.45. The van der Waals surface area contributed by atoms with Gasteiger partial charge in [0, 0.05) is 5.92 Å². The van der Waals surface area contributed by atoms with Gasteiger partial charge in [0.15, 0.2) is 6.29 Å². The summed E-state index contributed by atoms with van der Waals surface area (Å²) in [5.41, 5.74) is 5.46. The van der Waals surface area contributed by atoms with E-state index in [4.69, 9.17) is 10.8 Å². The monoisotopic (exact) mass is 193 g/mol. The molecule has 6 heteroatoms. The Hall–Kier alpha value is -0.240. The normalized spacial score (nSPS) is 52.2. The van der Waals surface area contributed by atoms with E-state index in [2.05, 4.69) is 4.74 Å². The highest BCUT2D eigenvalue weighted by atomic mass is 16.7. The van der Waals surface area contributed by atoms with E-state index in [1.165, 1.54) is 0 Å². The van der Waals surface area contributed by atoms with Gasteiger partial charge in [-0.1, -0.05) is 6.92 Å². The zero-order chi connectivity index (χ0) is 10.2. The van der Waals surface area contributed by atoms with Crippen molar-refractivity contribution in [3.8, 4) is 0 Å². The molecule has 1 rings (SSSR count). The van der Waals surface area contributed by atoms with Crippen LogP contribution >= 0.6 is 0 Å². The van der Waals surface area contributed by atoms with Gasteiger partial charge in [-0.2, -0.15) is 0 Å². The van der Waals surface area contributed by atoms with Crippen molar-refractivity contribution >= 4 is 0 Å². The molecule has 1 aliphatic heterocycles. The molecule has 0 spiro atoms. The number of aliphatic hydroxyl groups excluding tert-OH is 3. The van der Waals surface area contributed by atoms with Crippen LogP contribution in [0.1, 0.15) is 6.92 Å². The summed E-state index contributed by atoms with van der Waals surface area (Å²) in [6.45, 7) is 0.768. The molecule has 5 unspecified atom stereocenters. The molecule has 1 saturated heterocycles. The van der Waals surface area contributed by atoms with Crippen molar-refractivity contribution < 1.29 is 25.2 Å². The smallest absolute Gasteiger partial charge is 0.218 e. The Kier molecular flexibility index (Phi) is 2.91. The summed E-state index contributed by atoms with van der Waals surface area (Å²) in [7, 11) is 0. The van der Waals surface area contributed by atoms with Crippen LogP contribution in [-0.4, -0.2) is 51.3 Å². The minimum Gasteiger partial charge on any atom is -0.391 e. The van der Waals surface area contributed by atoms with Gasteiger partial charge in [0.05, 0.1) is 12.6 Å². The summed E-state index contributed by atoms with van der Waals surface area (Å²) in [4.78, 5) is 0. The third-order valence-electron chi connectivity index (χ3n) is 2.45. The highest BCUT2D eigenvalue weighted by molar-refractivity contribution is 4.92. The molecule has 5 atom stereocenters. The van der Waals surface area contributed by atoms with Crippen molar-refractivity contribution in [1.29, 1.82) is 0 Å². The molecule has 78 valence electrons. The molecule has 0 aromatic heterocycles. The molecule has 0 aromatic carbocycles. The van der Waals surface area contributed by atoms with Crippen LogP contribution in [0.2, 0.25) is 0 Å². The van der Waals surface area contributed by atoms with E-state index in [0.717, 1.165) is 0 Å². The molecule has 1 heterocycles. The highest BCUT2D eigenvalue weighted by Gasteiger charge is 2.49. The Labute approximate surface area is 75.6 Å². The van der Waals surface area contributed by atoms with Crippen LogP contribution in [0.4, 0.5) is 0 Å². The summed E-state index contributed by atoms with van der Waals surface area (Å²) in [5.74, 6) is -2.67. The SMILES string of the molecule is CC1C(N)C(O)OC(O)(CO)C1O. The zero-order valence-electron chi connectivity index (χ0n) is 7.29. The number of ether oxygens (including phenoxy) is 1. The topological polar surface area (TPSA) is 116 Å². The number of hydrogen-bond donors (Lipinski definition) is 5. The maximum absolute atomic E-state index is 9.47. The summed E-state index contributed by atoms with van der Waals surface area (Å²) in [5, 5.41) is 36.9. The van der Waals surface area contributed by atoms with Crippen LogP contribution in [0.15, 0.2) is 0 Å². The molecule has 1 fully saturated rings. The summed E-state index contributed by atoms with van der Waals surface area (Å²) in [6.07, 6.45) is -2.69. The van der Waals surface area contributed by atoms with Gasteiger partial charge >= 0.3 is 0 Å². The number of nitrogens with two attached hydrogens (primary N) is 1. The molecular weight excluding hydrogens is 178 g/mol. The molecular formula is C7H15NO5. The van der Waals surface area contributed by atoms with Gasteiger partial charge < -0.3 is 30.9 Å². The minimum atomic E-state index is -2.12. The summed E-state index contributed by atoms with van der Waals surface area (Å²) in [6, 6.07) is -0.776. The lowest BCUT2D eigenvalue weighted by atomic mass is 9.87. The van der Waals surface area contributed by atoms with Gasteiger partial charge in [-0.15, -0.1) is 0 Å². The lowest BCUT2D eigenvalue weighted by Gasteiger charge is -2.44. The van der Waals surface area contributed by atoms with Crippen LogP contribution in [0, 0.1) is 5.92 Å². The fourth-order valence-electron chi connectivity index (χ4n) is 1.37. The van der Waals surface area contributed by atoms with E-state index >= 15 is 0 Å². The van der Waals surface area contributed by atoms with Crippen molar-refractivity contribution in [2.75, 3.05) is 6.61 Å². The average molecular weight is 193 g/mol. The minimum absolute atomic E-state index is 0.555. The second-order valence-electron chi connectivity index (χ2n) is 3.39. The summed E-state index contributed by atoms with van der Waals surface area (Å²) >= 11 is 0. The fourth-order valence-corrected chi connectivity index (χ4v) is 1.37. The summed E-state index contributed by atoms with van der Waals surface area (Å²) < 4.78 is 4.60. The van der Waals surface area contributed by atoms with Crippen LogP contribution in [0.3, 0.4) is 0 Å². The Bertz CT molecular complexity index is 190. The first-order valence-electron chi connectivity index (χ1n) is 4.05. The molecule has 0 saturated carbocycles. The quantitative estimate of drug-likeness (QED) is 0.310.